The van der Waals surface area contributed by atoms with E-state index in [9.17, 15) is 5.26 Å². The third kappa shape index (κ3) is 3.32. The van der Waals surface area contributed by atoms with Crippen LogP contribution in [0.2, 0.25) is 0 Å². The highest BCUT2D eigenvalue weighted by Gasteiger charge is 2.57. The molecule has 6 heteroatoms. The van der Waals surface area contributed by atoms with Crippen LogP contribution in [0.25, 0.3) is 11.1 Å². The van der Waals surface area contributed by atoms with Gasteiger partial charge in [0.2, 0.25) is 11.7 Å². The molecule has 2 spiro atoms. The third-order valence-corrected chi connectivity index (χ3v) is 7.31. The molecular formula is C26H30N4O2. The third-order valence-electron chi connectivity index (χ3n) is 7.31. The number of aliphatic imine (C=N–C) groups is 1. The van der Waals surface area contributed by atoms with Crippen molar-refractivity contribution in [3.05, 3.63) is 53.6 Å². The molecule has 6 nitrogen and oxygen atoms in total. The van der Waals surface area contributed by atoms with Gasteiger partial charge in [-0.25, -0.2) is 14.9 Å². The Morgan fingerprint density at radius 2 is 1.97 bits per heavy atom. The maximum atomic E-state index is 9.30. The summed E-state index contributed by atoms with van der Waals surface area (Å²) in [5.74, 6) is 1.75. The molecule has 2 aliphatic heterocycles. The second kappa shape index (κ2) is 6.98. The van der Waals surface area contributed by atoms with Gasteiger partial charge in [0.1, 0.15) is 11.4 Å². The van der Waals surface area contributed by atoms with Crippen LogP contribution < -0.4 is 10.5 Å². The lowest BCUT2D eigenvalue weighted by atomic mass is 9.77. The molecule has 3 aliphatic rings. The summed E-state index contributed by atoms with van der Waals surface area (Å²) >= 11 is 0. The molecule has 0 saturated heterocycles. The zero-order valence-electron chi connectivity index (χ0n) is 19.2. The summed E-state index contributed by atoms with van der Waals surface area (Å²) in [4.78, 5) is 11.2. The average molecular weight is 431 g/mol. The molecule has 1 saturated carbocycles. The van der Waals surface area contributed by atoms with Crippen LogP contribution in [-0.2, 0) is 10.6 Å². The molecule has 0 aromatic heterocycles. The van der Waals surface area contributed by atoms with E-state index in [1.165, 1.54) is 0 Å². The minimum Gasteiger partial charge on any atom is -0.487 e. The van der Waals surface area contributed by atoms with Crippen LogP contribution in [0.4, 0.5) is 0 Å². The fraction of sp³-hybridized carbons (Fsp3) is 0.462. The number of hydrogen-bond acceptors (Lipinski definition) is 6. The number of hydrogen-bond donors (Lipinski definition) is 1. The summed E-state index contributed by atoms with van der Waals surface area (Å²) in [5.41, 5.74) is 8.67. The molecule has 0 amide bonds. The standard InChI is InChI=1S/C26H30N4O2/c1-24(2,3)20-10-11-25(14-20)16-26(29-23(28)30(4)32-26)21-13-19(8-9-22(21)31-25)18-7-5-6-17(12-18)15-27/h5-9,12-13,20H,10-11,14,16H2,1-4H3,(H2,28,29). The Balaban J connectivity index is 1.60. The van der Waals surface area contributed by atoms with Crippen LogP contribution in [0.15, 0.2) is 47.5 Å². The number of benzene rings is 2. The van der Waals surface area contributed by atoms with Crippen LogP contribution in [0.5, 0.6) is 5.75 Å². The number of rotatable bonds is 1. The van der Waals surface area contributed by atoms with Gasteiger partial charge in [-0.05, 0) is 66.0 Å². The van der Waals surface area contributed by atoms with E-state index in [4.69, 9.17) is 20.3 Å². The second-order valence-electron chi connectivity index (χ2n) is 10.5. The van der Waals surface area contributed by atoms with Crippen LogP contribution in [0.1, 0.15) is 57.6 Å². The van der Waals surface area contributed by atoms with Crippen molar-refractivity contribution in [2.24, 2.45) is 22.1 Å². The zero-order chi connectivity index (χ0) is 22.7. The highest BCUT2D eigenvalue weighted by atomic mass is 16.7. The maximum Gasteiger partial charge on any atom is 0.222 e. The van der Waals surface area contributed by atoms with Crippen molar-refractivity contribution in [2.45, 2.75) is 57.8 Å². The van der Waals surface area contributed by atoms with Gasteiger partial charge in [0.15, 0.2) is 0 Å². The van der Waals surface area contributed by atoms with Crippen LogP contribution >= 0.6 is 0 Å². The summed E-state index contributed by atoms with van der Waals surface area (Å²) in [6.45, 7) is 6.92. The van der Waals surface area contributed by atoms with E-state index in [0.717, 1.165) is 41.7 Å². The second-order valence-corrected chi connectivity index (χ2v) is 10.5. The molecule has 2 aromatic carbocycles. The topological polar surface area (TPSA) is 83.9 Å². The Morgan fingerprint density at radius 3 is 2.62 bits per heavy atom. The largest absolute Gasteiger partial charge is 0.487 e. The van der Waals surface area contributed by atoms with Crippen LogP contribution in [0, 0.1) is 22.7 Å². The molecule has 3 unspecified atom stereocenters. The Morgan fingerprint density at radius 1 is 1.19 bits per heavy atom. The fourth-order valence-electron chi connectivity index (χ4n) is 5.49. The van der Waals surface area contributed by atoms with Gasteiger partial charge < -0.3 is 10.5 Å². The molecule has 5 rings (SSSR count). The minimum atomic E-state index is -0.901. The number of nitrogens with zero attached hydrogens (tertiary/aromatic N) is 3. The molecule has 1 aliphatic carbocycles. The summed E-state index contributed by atoms with van der Waals surface area (Å²) in [5, 5.41) is 10.9. The molecule has 0 radical (unpaired) electrons. The van der Waals surface area contributed by atoms with Gasteiger partial charge in [-0.3, -0.25) is 0 Å². The first-order valence-electron chi connectivity index (χ1n) is 11.3. The first-order valence-corrected chi connectivity index (χ1v) is 11.3. The quantitative estimate of drug-likeness (QED) is 0.693. The predicted octanol–water partition coefficient (Wildman–Crippen LogP) is 4.94. The molecular weight excluding hydrogens is 400 g/mol. The first-order chi connectivity index (χ1) is 15.1. The van der Waals surface area contributed by atoms with Gasteiger partial charge in [-0.1, -0.05) is 39.0 Å². The van der Waals surface area contributed by atoms with Crippen molar-refractivity contribution in [1.82, 2.24) is 5.06 Å². The minimum absolute atomic E-state index is 0.228. The fourth-order valence-corrected chi connectivity index (χ4v) is 5.49. The van der Waals surface area contributed by atoms with Crippen molar-refractivity contribution in [3.8, 4) is 22.9 Å². The average Bonchev–Trinajstić information content (AvgIpc) is 3.28. The summed E-state index contributed by atoms with van der Waals surface area (Å²) in [6, 6.07) is 16.0. The molecule has 3 atom stereocenters. The lowest BCUT2D eigenvalue weighted by molar-refractivity contribution is -0.204. The molecule has 2 aromatic rings. The van der Waals surface area contributed by atoms with Crippen molar-refractivity contribution in [2.75, 3.05) is 7.05 Å². The van der Waals surface area contributed by atoms with Gasteiger partial charge in [-0.15, -0.1) is 0 Å². The molecule has 2 heterocycles. The van der Waals surface area contributed by atoms with Crippen LogP contribution in [0.3, 0.4) is 0 Å². The number of nitrogens with two attached hydrogens (primary N) is 1. The number of hydroxylamine groups is 2. The number of nitriles is 1. The number of fused-ring (bicyclic) bond motifs is 2. The molecule has 1 fully saturated rings. The van der Waals surface area contributed by atoms with E-state index in [1.807, 2.05) is 36.4 Å². The van der Waals surface area contributed by atoms with Gasteiger partial charge in [-0.2, -0.15) is 5.26 Å². The van der Waals surface area contributed by atoms with E-state index in [2.05, 4.69) is 32.9 Å². The van der Waals surface area contributed by atoms with E-state index >= 15 is 0 Å². The Labute approximate surface area is 189 Å². The highest BCUT2D eigenvalue weighted by Crippen LogP contribution is 2.57. The van der Waals surface area contributed by atoms with Gasteiger partial charge in [0.05, 0.1) is 17.2 Å². The van der Waals surface area contributed by atoms with Crippen molar-refractivity contribution in [1.29, 1.82) is 5.26 Å². The predicted molar refractivity (Wildman–Crippen MR) is 124 cm³/mol. The van der Waals surface area contributed by atoms with E-state index in [0.29, 0.717) is 23.9 Å². The van der Waals surface area contributed by atoms with E-state index in [1.54, 1.807) is 12.1 Å². The SMILES string of the molecule is CN1OC2(CC3(CCC(C(C)(C)C)C3)Oc3ccc(-c4cccc(C#N)c4)cc32)N=C1N. The summed E-state index contributed by atoms with van der Waals surface area (Å²) < 4.78 is 6.74. The monoisotopic (exact) mass is 430 g/mol. The normalized spacial score (nSPS) is 29.0. The lowest BCUT2D eigenvalue weighted by Crippen LogP contribution is -2.47. The molecule has 0 bridgehead atoms. The summed E-state index contributed by atoms with van der Waals surface area (Å²) in [7, 11) is 1.79. The van der Waals surface area contributed by atoms with Crippen LogP contribution in [-0.4, -0.2) is 23.7 Å². The summed E-state index contributed by atoms with van der Waals surface area (Å²) in [6.07, 6.45) is 3.71. The Kier molecular flexibility index (Phi) is 4.55. The first kappa shape index (κ1) is 20.8. The van der Waals surface area contributed by atoms with Crippen molar-refractivity contribution >= 4 is 5.96 Å². The van der Waals surface area contributed by atoms with Crippen molar-refractivity contribution < 1.29 is 9.57 Å². The Hall–Kier alpha value is -3.04. The van der Waals surface area contributed by atoms with Gasteiger partial charge >= 0.3 is 0 Å². The van der Waals surface area contributed by atoms with Gasteiger partial charge in [0, 0.05) is 13.5 Å². The molecule has 2 N–H and O–H groups in total. The number of ether oxygens (including phenoxy) is 1. The maximum absolute atomic E-state index is 9.30. The smallest absolute Gasteiger partial charge is 0.222 e. The van der Waals surface area contributed by atoms with Gasteiger partial charge in [0.25, 0.3) is 0 Å². The molecule has 32 heavy (non-hydrogen) atoms. The highest BCUT2D eigenvalue weighted by molar-refractivity contribution is 5.79. The van der Waals surface area contributed by atoms with Crippen molar-refractivity contribution in [3.63, 3.8) is 0 Å². The van der Waals surface area contributed by atoms with E-state index < -0.39 is 5.72 Å². The Bertz CT molecular complexity index is 1150. The zero-order valence-corrected chi connectivity index (χ0v) is 19.2. The van der Waals surface area contributed by atoms with E-state index in [-0.39, 0.29) is 11.0 Å². The number of guanidine groups is 1. The molecule has 166 valence electrons. The lowest BCUT2D eigenvalue weighted by Gasteiger charge is -2.44.